The molecule has 6 nitrogen and oxygen atoms in total. The Morgan fingerprint density at radius 1 is 1.22 bits per heavy atom. The first-order chi connectivity index (χ1) is 10.9. The molecule has 0 spiro atoms. The number of carboxylic acid groups (broad SMARTS) is 1. The quantitative estimate of drug-likeness (QED) is 0.855. The topological polar surface area (TPSA) is 88.8 Å². The van der Waals surface area contributed by atoms with Crippen molar-refractivity contribution in [3.05, 3.63) is 58.5 Å². The minimum absolute atomic E-state index is 0.0488. The third-order valence-corrected chi connectivity index (χ3v) is 3.27. The molecule has 23 heavy (non-hydrogen) atoms. The van der Waals surface area contributed by atoms with Gasteiger partial charge in [0.15, 0.2) is 11.8 Å². The predicted octanol–water partition coefficient (Wildman–Crippen LogP) is 2.60. The van der Waals surface area contributed by atoms with Crippen LogP contribution in [0, 0.1) is 13.8 Å². The van der Waals surface area contributed by atoms with Crippen LogP contribution in [0.1, 0.15) is 39.0 Å². The van der Waals surface area contributed by atoms with Crippen LogP contribution in [-0.4, -0.2) is 24.1 Å². The van der Waals surface area contributed by atoms with E-state index in [1.165, 1.54) is 13.2 Å². The van der Waals surface area contributed by atoms with Crippen molar-refractivity contribution in [2.45, 2.75) is 26.5 Å². The minimum Gasteiger partial charge on any atom is -0.479 e. The number of nitrogens with one attached hydrogen (secondary N) is 1. The van der Waals surface area contributed by atoms with Crippen molar-refractivity contribution in [3.8, 4) is 0 Å². The fourth-order valence-corrected chi connectivity index (χ4v) is 2.39. The molecule has 1 aromatic carbocycles. The summed E-state index contributed by atoms with van der Waals surface area (Å²) >= 11 is 0. The van der Waals surface area contributed by atoms with Crippen LogP contribution in [0.2, 0.25) is 0 Å². The van der Waals surface area contributed by atoms with Crippen LogP contribution in [0.25, 0.3) is 0 Å². The molecule has 0 aliphatic carbocycles. The summed E-state index contributed by atoms with van der Waals surface area (Å²) in [5, 5.41) is 11.9. The van der Waals surface area contributed by atoms with E-state index in [1.54, 1.807) is 18.2 Å². The van der Waals surface area contributed by atoms with E-state index in [0.29, 0.717) is 11.3 Å². The molecule has 0 saturated carbocycles. The number of ether oxygens (including phenoxy) is 1. The summed E-state index contributed by atoms with van der Waals surface area (Å²) in [6.45, 7) is 3.99. The molecule has 6 heteroatoms. The number of hydrogen-bond donors (Lipinski definition) is 2. The second-order valence-electron chi connectivity index (χ2n) is 5.36. The summed E-state index contributed by atoms with van der Waals surface area (Å²) in [4.78, 5) is 23.7. The van der Waals surface area contributed by atoms with E-state index >= 15 is 0 Å². The fourth-order valence-electron chi connectivity index (χ4n) is 2.39. The molecule has 0 fully saturated rings. The van der Waals surface area contributed by atoms with Crippen molar-refractivity contribution in [2.24, 2.45) is 0 Å². The molecule has 2 N–H and O–H groups in total. The fraction of sp³-hybridized carbons (Fsp3) is 0.294. The van der Waals surface area contributed by atoms with Gasteiger partial charge >= 0.3 is 5.97 Å². The highest BCUT2D eigenvalue weighted by Gasteiger charge is 2.24. The summed E-state index contributed by atoms with van der Waals surface area (Å²) in [5.74, 6) is -1.17. The lowest BCUT2D eigenvalue weighted by atomic mass is 10.0. The number of furan rings is 1. The molecule has 1 atom stereocenters. The average molecular weight is 317 g/mol. The van der Waals surface area contributed by atoms with Crippen LogP contribution in [0.3, 0.4) is 0 Å². The van der Waals surface area contributed by atoms with Crippen LogP contribution in [0.4, 0.5) is 0 Å². The van der Waals surface area contributed by atoms with E-state index in [9.17, 15) is 14.7 Å². The Hall–Kier alpha value is -2.60. The Morgan fingerprint density at radius 2 is 1.87 bits per heavy atom. The van der Waals surface area contributed by atoms with Crippen molar-refractivity contribution < 1.29 is 23.8 Å². The molecule has 2 rings (SSSR count). The lowest BCUT2D eigenvalue weighted by Crippen LogP contribution is -2.33. The van der Waals surface area contributed by atoms with Crippen LogP contribution < -0.4 is 5.32 Å². The van der Waals surface area contributed by atoms with E-state index in [4.69, 9.17) is 9.15 Å². The number of amides is 1. The first-order valence-electron chi connectivity index (χ1n) is 7.10. The van der Waals surface area contributed by atoms with Gasteiger partial charge in [0.1, 0.15) is 12.4 Å². The lowest BCUT2D eigenvalue weighted by Gasteiger charge is -2.15. The molecule has 0 aliphatic rings. The third-order valence-electron chi connectivity index (χ3n) is 3.27. The maximum absolute atomic E-state index is 12.2. The molecule has 1 aromatic heterocycles. The third kappa shape index (κ3) is 4.20. The molecule has 0 bridgehead atoms. The molecule has 122 valence electrons. The van der Waals surface area contributed by atoms with Crippen molar-refractivity contribution in [3.63, 3.8) is 0 Å². The van der Waals surface area contributed by atoms with Gasteiger partial charge in [-0.15, -0.1) is 0 Å². The number of methoxy groups -OCH3 is 1. The van der Waals surface area contributed by atoms with Gasteiger partial charge in [-0.05, 0) is 31.5 Å². The van der Waals surface area contributed by atoms with Gasteiger partial charge in [0.05, 0.1) is 0 Å². The smallest absolute Gasteiger partial charge is 0.330 e. The van der Waals surface area contributed by atoms with Gasteiger partial charge < -0.3 is 19.6 Å². The van der Waals surface area contributed by atoms with Gasteiger partial charge in [-0.2, -0.15) is 0 Å². The van der Waals surface area contributed by atoms with Gasteiger partial charge in [0.2, 0.25) is 0 Å². The molecule has 1 amide bonds. The number of benzene rings is 1. The summed E-state index contributed by atoms with van der Waals surface area (Å²) in [5.41, 5.74) is 2.38. The average Bonchev–Trinajstić information content (AvgIpc) is 2.92. The van der Waals surface area contributed by atoms with Gasteiger partial charge in [-0.3, -0.25) is 4.79 Å². The zero-order chi connectivity index (χ0) is 17.0. The van der Waals surface area contributed by atoms with Crippen LogP contribution >= 0.6 is 0 Å². The van der Waals surface area contributed by atoms with E-state index < -0.39 is 17.9 Å². The monoisotopic (exact) mass is 317 g/mol. The van der Waals surface area contributed by atoms with Gasteiger partial charge in [0.25, 0.3) is 5.91 Å². The summed E-state index contributed by atoms with van der Waals surface area (Å²) < 4.78 is 10.2. The Balaban J connectivity index is 2.21. The Labute approximate surface area is 134 Å². The molecule has 2 aromatic rings. The highest BCUT2D eigenvalue weighted by molar-refractivity contribution is 5.94. The molecule has 0 radical (unpaired) electrons. The number of carbonyl (C=O) groups is 2. The standard InChI is InChI=1S/C17H19NO5/c1-10-6-11(2)8-12(7-10)15(17(20)21)18-16(19)14-5-4-13(23-14)9-22-3/h4-8,15H,9H2,1-3H3,(H,18,19)(H,20,21). The molecule has 0 saturated heterocycles. The molecular weight excluding hydrogens is 298 g/mol. The van der Waals surface area contributed by atoms with Gasteiger partial charge in [-0.1, -0.05) is 29.3 Å². The highest BCUT2D eigenvalue weighted by atomic mass is 16.5. The second-order valence-corrected chi connectivity index (χ2v) is 5.36. The second kappa shape index (κ2) is 7.11. The van der Waals surface area contributed by atoms with Crippen molar-refractivity contribution in [1.29, 1.82) is 0 Å². The number of hydrogen-bond acceptors (Lipinski definition) is 4. The minimum atomic E-state index is -1.14. The largest absolute Gasteiger partial charge is 0.479 e. The summed E-state index contributed by atoms with van der Waals surface area (Å²) in [6.07, 6.45) is 0. The SMILES string of the molecule is COCc1ccc(C(=O)NC(C(=O)O)c2cc(C)cc(C)c2)o1. The Kier molecular flexibility index (Phi) is 5.18. The molecular formula is C17H19NO5. The normalized spacial score (nSPS) is 12.0. The maximum Gasteiger partial charge on any atom is 0.330 e. The van der Waals surface area contributed by atoms with Crippen molar-refractivity contribution in [1.82, 2.24) is 5.32 Å². The number of aryl methyl sites for hydroxylation is 2. The number of carbonyl (C=O) groups excluding carboxylic acids is 1. The molecule has 1 unspecified atom stereocenters. The van der Waals surface area contributed by atoms with Gasteiger partial charge in [-0.25, -0.2) is 4.79 Å². The summed E-state index contributed by atoms with van der Waals surface area (Å²) in [7, 11) is 1.52. The van der Waals surface area contributed by atoms with Crippen LogP contribution in [0.15, 0.2) is 34.7 Å². The van der Waals surface area contributed by atoms with Crippen molar-refractivity contribution >= 4 is 11.9 Å². The van der Waals surface area contributed by atoms with E-state index in [1.807, 2.05) is 19.9 Å². The number of carboxylic acids is 1. The predicted molar refractivity (Wildman–Crippen MR) is 83.2 cm³/mol. The van der Waals surface area contributed by atoms with Crippen LogP contribution in [-0.2, 0) is 16.1 Å². The first kappa shape index (κ1) is 16.8. The zero-order valence-corrected chi connectivity index (χ0v) is 13.3. The lowest BCUT2D eigenvalue weighted by molar-refractivity contribution is -0.139. The zero-order valence-electron chi connectivity index (χ0n) is 13.3. The Morgan fingerprint density at radius 3 is 2.43 bits per heavy atom. The van der Waals surface area contributed by atoms with Gasteiger partial charge in [0, 0.05) is 7.11 Å². The summed E-state index contributed by atoms with van der Waals surface area (Å²) in [6, 6.07) is 7.38. The molecule has 1 heterocycles. The highest BCUT2D eigenvalue weighted by Crippen LogP contribution is 2.19. The molecule has 0 aliphatic heterocycles. The Bertz CT molecular complexity index is 699. The number of rotatable bonds is 6. The van der Waals surface area contributed by atoms with Crippen LogP contribution in [0.5, 0.6) is 0 Å². The van der Waals surface area contributed by atoms with E-state index in [-0.39, 0.29) is 12.4 Å². The van der Waals surface area contributed by atoms with E-state index in [0.717, 1.165) is 11.1 Å². The maximum atomic E-state index is 12.2. The number of aliphatic carboxylic acids is 1. The van der Waals surface area contributed by atoms with Crippen molar-refractivity contribution in [2.75, 3.05) is 7.11 Å². The van der Waals surface area contributed by atoms with E-state index in [2.05, 4.69) is 5.32 Å². The first-order valence-corrected chi connectivity index (χ1v) is 7.10.